The molecule has 67 heavy (non-hydrogen) atoms. The molecular formula is C58H74N4O5. The van der Waals surface area contributed by atoms with E-state index >= 15 is 0 Å². The van der Waals surface area contributed by atoms with Crippen LogP contribution in [0, 0.1) is 17.8 Å². The van der Waals surface area contributed by atoms with Crippen LogP contribution in [-0.4, -0.2) is 42.4 Å². The second kappa shape index (κ2) is 26.9. The molecule has 1 fully saturated rings. The Morgan fingerprint density at radius 2 is 1.36 bits per heavy atom. The SMILES string of the molecule is CC.CCCC(C=Nc1cc(OCc2cccc(COc3cc(N=CC(Cc4ccccc4CC)C(C)CC)c(C=C4CCC4)cc3OC)n2)c(OC)cc1C(C)=O)Cc1ncccc1CC. The molecule has 0 aliphatic heterocycles. The van der Waals surface area contributed by atoms with Crippen molar-refractivity contribution in [1.82, 2.24) is 9.97 Å². The summed E-state index contributed by atoms with van der Waals surface area (Å²) in [4.78, 5) is 32.5. The largest absolute Gasteiger partial charge is 0.493 e. The lowest BCUT2D eigenvalue weighted by Gasteiger charge is -2.21. The van der Waals surface area contributed by atoms with Crippen LogP contribution in [0.2, 0.25) is 0 Å². The second-order valence-corrected chi connectivity index (χ2v) is 17.1. The van der Waals surface area contributed by atoms with Gasteiger partial charge in [-0.1, -0.05) is 109 Å². The molecule has 2 heterocycles. The topological polar surface area (TPSA) is 104 Å². The minimum absolute atomic E-state index is 0.106. The van der Waals surface area contributed by atoms with Crippen molar-refractivity contribution in [3.8, 4) is 23.0 Å². The Morgan fingerprint density at radius 1 is 0.731 bits per heavy atom. The summed E-state index contributed by atoms with van der Waals surface area (Å²) in [6.45, 7) is 17.0. The van der Waals surface area contributed by atoms with Crippen LogP contribution in [0.1, 0.15) is 144 Å². The van der Waals surface area contributed by atoms with Gasteiger partial charge in [-0.15, -0.1) is 0 Å². The van der Waals surface area contributed by atoms with E-state index in [1.54, 1.807) is 33.3 Å². The van der Waals surface area contributed by atoms with E-state index in [1.807, 2.05) is 62.7 Å². The van der Waals surface area contributed by atoms with E-state index in [0.717, 1.165) is 80.4 Å². The predicted molar refractivity (Wildman–Crippen MR) is 277 cm³/mol. The summed E-state index contributed by atoms with van der Waals surface area (Å²) >= 11 is 0. The lowest BCUT2D eigenvalue weighted by atomic mass is 9.85. The van der Waals surface area contributed by atoms with Crippen molar-refractivity contribution in [3.05, 3.63) is 136 Å². The van der Waals surface area contributed by atoms with Gasteiger partial charge in [-0.3, -0.25) is 24.7 Å². The molecule has 1 aliphatic rings. The van der Waals surface area contributed by atoms with Crippen LogP contribution in [-0.2, 0) is 38.9 Å². The zero-order valence-corrected chi connectivity index (χ0v) is 41.9. The molecule has 1 aliphatic carbocycles. The first-order chi connectivity index (χ1) is 32.7. The quantitative estimate of drug-likeness (QED) is 0.0448. The zero-order valence-electron chi connectivity index (χ0n) is 41.9. The molecule has 356 valence electrons. The van der Waals surface area contributed by atoms with Gasteiger partial charge in [0.15, 0.2) is 28.8 Å². The Kier molecular flexibility index (Phi) is 20.8. The number of hydrogen-bond donors (Lipinski definition) is 0. The van der Waals surface area contributed by atoms with Crippen molar-refractivity contribution in [2.24, 2.45) is 27.7 Å². The number of carbonyl (C=O) groups is 1. The highest BCUT2D eigenvalue weighted by Crippen LogP contribution is 2.40. The second-order valence-electron chi connectivity index (χ2n) is 17.1. The fourth-order valence-electron chi connectivity index (χ4n) is 8.26. The van der Waals surface area contributed by atoms with E-state index in [2.05, 4.69) is 82.2 Å². The van der Waals surface area contributed by atoms with E-state index in [9.17, 15) is 4.79 Å². The smallest absolute Gasteiger partial charge is 0.163 e. The lowest BCUT2D eigenvalue weighted by molar-refractivity contribution is 0.101. The molecule has 0 N–H and O–H groups in total. The van der Waals surface area contributed by atoms with Crippen molar-refractivity contribution in [3.63, 3.8) is 0 Å². The van der Waals surface area contributed by atoms with Crippen LogP contribution < -0.4 is 18.9 Å². The minimum atomic E-state index is -0.106. The molecule has 9 heteroatoms. The Labute approximate surface area is 401 Å². The standard InChI is InChI=1S/C56H68N4O5.C2H6/c1-9-18-41(28-50-43(12-4)23-17-26-57-50)34-58-52-33-56(54(63-8)31-49(52)39(6)61)65-37-48-25-16-24-47(60-48)36-64-55-32-51(45(30-53(55)62-7)27-40-19-15-20-40)59-35-46(38(5)10-2)29-44-22-14-13-21-42(44)11-3;1-2/h13-14,16-17,21-27,30-35,38,41,46H,9-12,15,18-20,28-29,36-37H2,1-8H3;1-2H3. The Morgan fingerprint density at radius 3 is 1.96 bits per heavy atom. The van der Waals surface area contributed by atoms with Crippen molar-refractivity contribution in [1.29, 1.82) is 0 Å². The van der Waals surface area contributed by atoms with Crippen molar-refractivity contribution in [2.75, 3.05) is 14.2 Å². The van der Waals surface area contributed by atoms with Gasteiger partial charge < -0.3 is 18.9 Å². The Bertz CT molecular complexity index is 2450. The van der Waals surface area contributed by atoms with Crippen molar-refractivity contribution >= 4 is 35.7 Å². The molecule has 0 amide bonds. The number of nitrogens with zero attached hydrogens (tertiary/aromatic N) is 4. The third-order valence-electron chi connectivity index (χ3n) is 12.6. The number of carbonyl (C=O) groups excluding carboxylic acids is 1. The molecule has 1 saturated carbocycles. The molecule has 2 aromatic heterocycles. The number of hydrogen-bond acceptors (Lipinski definition) is 9. The normalized spacial score (nSPS) is 13.6. The summed E-state index contributed by atoms with van der Waals surface area (Å²) in [6.07, 6.45) is 18.3. The summed E-state index contributed by atoms with van der Waals surface area (Å²) in [5.74, 6) is 2.96. The lowest BCUT2D eigenvalue weighted by Crippen LogP contribution is -2.16. The number of ether oxygens (including phenoxy) is 4. The third kappa shape index (κ3) is 14.7. The fourth-order valence-corrected chi connectivity index (χ4v) is 8.26. The summed E-state index contributed by atoms with van der Waals surface area (Å²) < 4.78 is 24.4. The van der Waals surface area contributed by atoms with Crippen molar-refractivity contribution in [2.45, 2.75) is 133 Å². The maximum absolute atomic E-state index is 12.9. The molecule has 3 atom stereocenters. The summed E-state index contributed by atoms with van der Waals surface area (Å²) in [5, 5.41) is 0. The van der Waals surface area contributed by atoms with Gasteiger partial charge in [-0.2, -0.15) is 0 Å². The van der Waals surface area contributed by atoms with Gasteiger partial charge in [0.05, 0.1) is 37.0 Å². The molecule has 6 rings (SSSR count). The Hall–Kier alpha value is -6.09. The average Bonchev–Trinajstić information content (AvgIpc) is 3.35. The van der Waals surface area contributed by atoms with Crippen LogP contribution in [0.5, 0.6) is 23.0 Å². The number of aliphatic imine (C=N–C) groups is 2. The maximum Gasteiger partial charge on any atom is 0.163 e. The Balaban J connectivity index is 0.00000414. The number of methoxy groups -OCH3 is 2. The van der Waals surface area contributed by atoms with E-state index in [-0.39, 0.29) is 30.8 Å². The van der Waals surface area contributed by atoms with Gasteiger partial charge >= 0.3 is 0 Å². The molecule has 3 aromatic carbocycles. The summed E-state index contributed by atoms with van der Waals surface area (Å²) in [7, 11) is 3.24. The van der Waals surface area contributed by atoms with Crippen LogP contribution in [0.15, 0.2) is 101 Å². The summed E-state index contributed by atoms with van der Waals surface area (Å²) in [5.41, 5.74) is 10.9. The molecule has 9 nitrogen and oxygen atoms in total. The minimum Gasteiger partial charge on any atom is -0.493 e. The average molecular weight is 907 g/mol. The van der Waals surface area contributed by atoms with Crippen LogP contribution in [0.25, 0.3) is 6.08 Å². The first-order valence-electron chi connectivity index (χ1n) is 24.6. The van der Waals surface area contributed by atoms with E-state index in [4.69, 9.17) is 33.9 Å². The van der Waals surface area contributed by atoms with Gasteiger partial charge in [0.2, 0.25) is 0 Å². The van der Waals surface area contributed by atoms with Gasteiger partial charge in [0.1, 0.15) is 13.2 Å². The first kappa shape index (κ1) is 51.9. The van der Waals surface area contributed by atoms with Gasteiger partial charge in [-0.05, 0) is 117 Å². The van der Waals surface area contributed by atoms with Crippen molar-refractivity contribution < 1.29 is 23.7 Å². The maximum atomic E-state index is 12.9. The molecule has 0 bridgehead atoms. The van der Waals surface area contributed by atoms with Crippen LogP contribution >= 0.6 is 0 Å². The molecular weight excluding hydrogens is 833 g/mol. The van der Waals surface area contributed by atoms with E-state index in [0.29, 0.717) is 45.9 Å². The number of rotatable bonds is 24. The fraction of sp³-hybridized carbons (Fsp3) is 0.431. The van der Waals surface area contributed by atoms with Gasteiger partial charge in [0.25, 0.3) is 0 Å². The van der Waals surface area contributed by atoms with Crippen LogP contribution in [0.3, 0.4) is 0 Å². The molecule has 5 aromatic rings. The third-order valence-corrected chi connectivity index (χ3v) is 12.6. The highest BCUT2D eigenvalue weighted by atomic mass is 16.5. The van der Waals surface area contributed by atoms with Gasteiger partial charge in [-0.25, -0.2) is 0 Å². The first-order valence-corrected chi connectivity index (χ1v) is 24.6. The van der Waals surface area contributed by atoms with Crippen LogP contribution in [0.4, 0.5) is 11.4 Å². The van der Waals surface area contributed by atoms with E-state index < -0.39 is 0 Å². The number of ketones is 1. The number of aromatic nitrogens is 2. The molecule has 0 spiro atoms. The zero-order chi connectivity index (χ0) is 48.1. The number of benzene rings is 3. The highest BCUT2D eigenvalue weighted by molar-refractivity contribution is 6.00. The molecule has 3 unspecified atom stereocenters. The van der Waals surface area contributed by atoms with E-state index in [1.165, 1.54) is 28.7 Å². The number of allylic oxidation sites excluding steroid dienone is 1. The number of Topliss-reactive ketones (excluding diaryl/α,β-unsaturated/α-hetero) is 1. The molecule has 0 radical (unpaired) electrons. The summed E-state index contributed by atoms with van der Waals surface area (Å²) in [6, 6.07) is 26.2. The van der Waals surface area contributed by atoms with Gasteiger partial charge in [0, 0.05) is 53.5 Å². The number of aryl methyl sites for hydroxylation is 2. The highest BCUT2D eigenvalue weighted by Gasteiger charge is 2.20. The predicted octanol–water partition coefficient (Wildman–Crippen LogP) is 14.5. The number of pyridine rings is 2. The monoisotopic (exact) mass is 907 g/mol. The molecule has 0 saturated heterocycles.